The number of anilines is 3. The normalized spacial score (nSPS) is 18.7. The third-order valence-corrected chi connectivity index (χ3v) is 6.28. The van der Waals surface area contributed by atoms with E-state index >= 15 is 0 Å². The average molecular weight is 481 g/mol. The first-order valence-corrected chi connectivity index (χ1v) is 11.8. The number of halogens is 1. The van der Waals surface area contributed by atoms with Gasteiger partial charge in [-0.25, -0.2) is 0 Å². The first-order chi connectivity index (χ1) is 16.5. The Labute approximate surface area is 201 Å². The van der Waals surface area contributed by atoms with Crippen LogP contribution in [0.1, 0.15) is 32.6 Å². The first kappa shape index (κ1) is 22.2. The third-order valence-electron chi connectivity index (χ3n) is 6.01. The van der Waals surface area contributed by atoms with Gasteiger partial charge in [0, 0.05) is 31.9 Å². The van der Waals surface area contributed by atoms with E-state index in [-0.39, 0.29) is 17.5 Å². The van der Waals surface area contributed by atoms with Crippen molar-refractivity contribution < 1.29 is 4.79 Å². The zero-order valence-electron chi connectivity index (χ0n) is 18.8. The van der Waals surface area contributed by atoms with Crippen LogP contribution in [0.25, 0.3) is 11.0 Å². The maximum Gasteiger partial charge on any atom is 0.264 e. The molecule has 3 N–H and O–H groups in total. The molecule has 34 heavy (non-hydrogen) atoms. The van der Waals surface area contributed by atoms with Gasteiger partial charge in [-0.05, 0) is 38.5 Å². The molecule has 0 aromatic carbocycles. The number of aromatic nitrogens is 6. The van der Waals surface area contributed by atoms with Gasteiger partial charge in [0.25, 0.3) is 5.91 Å². The Balaban J connectivity index is 1.36. The lowest BCUT2D eigenvalue weighted by molar-refractivity contribution is -0.127. The molecule has 3 aromatic rings. The van der Waals surface area contributed by atoms with Gasteiger partial charge in [0.05, 0.1) is 11.9 Å². The molecule has 1 saturated heterocycles. The molecule has 4 heterocycles. The van der Waals surface area contributed by atoms with Crippen LogP contribution in [0.15, 0.2) is 24.0 Å². The van der Waals surface area contributed by atoms with E-state index in [0.717, 1.165) is 37.9 Å². The smallest absolute Gasteiger partial charge is 0.264 e. The van der Waals surface area contributed by atoms with Gasteiger partial charge in [0.2, 0.25) is 5.95 Å². The minimum Gasteiger partial charge on any atom is -0.365 e. The second-order valence-electron chi connectivity index (χ2n) is 8.61. The summed E-state index contributed by atoms with van der Waals surface area (Å²) in [6.07, 6.45) is 9.15. The number of rotatable bonds is 7. The third kappa shape index (κ3) is 4.68. The van der Waals surface area contributed by atoms with Crippen LogP contribution in [-0.4, -0.2) is 59.9 Å². The first-order valence-electron chi connectivity index (χ1n) is 11.4. The van der Waals surface area contributed by atoms with E-state index in [1.54, 1.807) is 15.8 Å². The van der Waals surface area contributed by atoms with Crippen LogP contribution in [0.2, 0.25) is 5.15 Å². The quantitative estimate of drug-likeness (QED) is 0.345. The second kappa shape index (κ2) is 9.30. The number of aryl methyl sites for hydroxylation is 1. The van der Waals surface area contributed by atoms with Crippen molar-refractivity contribution in [1.29, 1.82) is 5.26 Å². The molecule has 11 nitrogen and oxygen atoms in total. The fourth-order valence-corrected chi connectivity index (χ4v) is 4.29. The summed E-state index contributed by atoms with van der Waals surface area (Å²) in [5.74, 6) is 1.05. The fourth-order valence-electron chi connectivity index (χ4n) is 4.08. The molecule has 2 aliphatic rings. The summed E-state index contributed by atoms with van der Waals surface area (Å²) < 4.78 is 1.80. The highest BCUT2D eigenvalue weighted by molar-refractivity contribution is 6.35. The number of hydrogen-bond donors (Lipinski definition) is 3. The number of amides is 1. The number of fused-ring (bicyclic) bond motifs is 1. The van der Waals surface area contributed by atoms with E-state index in [2.05, 4.69) is 42.0 Å². The molecule has 5 rings (SSSR count). The molecule has 12 heteroatoms. The monoisotopic (exact) mass is 480 g/mol. The summed E-state index contributed by atoms with van der Waals surface area (Å²) >= 11 is 6.34. The number of H-pyrrole nitrogens is 1. The summed E-state index contributed by atoms with van der Waals surface area (Å²) in [6, 6.07) is 2.03. The molecular weight excluding hydrogens is 456 g/mol. The number of likely N-dealkylation sites (tertiary alicyclic amines) is 1. The molecule has 3 aromatic heterocycles. The Bertz CT molecular complexity index is 1280. The second-order valence-corrected chi connectivity index (χ2v) is 8.98. The lowest BCUT2D eigenvalue weighted by Gasteiger charge is -2.33. The predicted molar refractivity (Wildman–Crippen MR) is 128 cm³/mol. The van der Waals surface area contributed by atoms with Crippen LogP contribution in [0.5, 0.6) is 0 Å². The van der Waals surface area contributed by atoms with Crippen molar-refractivity contribution in [2.45, 2.75) is 45.2 Å². The van der Waals surface area contributed by atoms with Gasteiger partial charge in [0.15, 0.2) is 5.65 Å². The van der Waals surface area contributed by atoms with Crippen LogP contribution in [0, 0.1) is 17.2 Å². The lowest BCUT2D eigenvalue weighted by Crippen LogP contribution is -2.45. The maximum absolute atomic E-state index is 12.9. The van der Waals surface area contributed by atoms with E-state index in [1.807, 2.05) is 19.2 Å². The Morgan fingerprint density at radius 3 is 2.97 bits per heavy atom. The Morgan fingerprint density at radius 1 is 1.38 bits per heavy atom. The Kier molecular flexibility index (Phi) is 6.06. The number of allylic oxidation sites excluding steroid dienone is 1. The van der Waals surface area contributed by atoms with Crippen LogP contribution >= 0.6 is 11.6 Å². The number of nitrogens with one attached hydrogen (secondary N) is 3. The van der Waals surface area contributed by atoms with Crippen molar-refractivity contribution in [2.75, 3.05) is 23.7 Å². The van der Waals surface area contributed by atoms with Crippen molar-refractivity contribution >= 4 is 46.0 Å². The molecule has 0 spiro atoms. The van der Waals surface area contributed by atoms with Crippen LogP contribution in [-0.2, 0) is 11.3 Å². The molecular formula is C22H25ClN10O. The number of carbonyl (C=O) groups excluding carboxylic acids is 1. The molecule has 1 amide bonds. The topological polar surface area (TPSA) is 140 Å². The van der Waals surface area contributed by atoms with Crippen LogP contribution < -0.4 is 10.6 Å². The summed E-state index contributed by atoms with van der Waals surface area (Å²) in [5, 5.41) is 28.2. The van der Waals surface area contributed by atoms with Gasteiger partial charge in [-0.15, -0.1) is 0 Å². The van der Waals surface area contributed by atoms with Crippen LogP contribution in [0.4, 0.5) is 17.5 Å². The molecule has 2 fully saturated rings. The highest BCUT2D eigenvalue weighted by Crippen LogP contribution is 2.32. The molecule has 1 atom stereocenters. The van der Waals surface area contributed by atoms with Gasteiger partial charge < -0.3 is 15.5 Å². The number of carbonyl (C=O) groups is 1. The van der Waals surface area contributed by atoms with Gasteiger partial charge in [-0.2, -0.15) is 25.4 Å². The van der Waals surface area contributed by atoms with E-state index in [9.17, 15) is 10.1 Å². The Morgan fingerprint density at radius 2 is 2.24 bits per heavy atom. The maximum atomic E-state index is 12.9. The Hall–Kier alpha value is -3.65. The van der Waals surface area contributed by atoms with E-state index in [1.165, 1.54) is 0 Å². The van der Waals surface area contributed by atoms with Gasteiger partial charge in [-0.3, -0.25) is 14.6 Å². The minimum atomic E-state index is -0.203. The molecule has 1 aliphatic heterocycles. The molecule has 0 radical (unpaired) electrons. The average Bonchev–Trinajstić information content (AvgIpc) is 3.43. The van der Waals surface area contributed by atoms with Gasteiger partial charge in [0.1, 0.15) is 28.0 Å². The number of nitrogens with zero attached hydrogens (tertiary/aromatic N) is 7. The summed E-state index contributed by atoms with van der Waals surface area (Å²) in [4.78, 5) is 23.8. The van der Waals surface area contributed by atoms with Crippen molar-refractivity contribution in [1.82, 2.24) is 34.8 Å². The number of nitriles is 1. The highest BCUT2D eigenvalue weighted by atomic mass is 35.5. The molecule has 1 unspecified atom stereocenters. The summed E-state index contributed by atoms with van der Waals surface area (Å²) in [7, 11) is 0. The zero-order valence-corrected chi connectivity index (χ0v) is 19.5. The predicted octanol–water partition coefficient (Wildman–Crippen LogP) is 3.23. The van der Waals surface area contributed by atoms with Crippen molar-refractivity contribution in [3.05, 3.63) is 29.2 Å². The van der Waals surface area contributed by atoms with E-state index in [4.69, 9.17) is 11.6 Å². The van der Waals surface area contributed by atoms with Gasteiger partial charge in [-0.1, -0.05) is 17.7 Å². The summed E-state index contributed by atoms with van der Waals surface area (Å²) in [5.41, 5.74) is 1.43. The van der Waals surface area contributed by atoms with Crippen molar-refractivity contribution in [2.24, 2.45) is 5.92 Å². The molecule has 1 saturated carbocycles. The number of piperidine rings is 1. The minimum absolute atomic E-state index is 0.0571. The van der Waals surface area contributed by atoms with Crippen molar-refractivity contribution in [3.63, 3.8) is 0 Å². The van der Waals surface area contributed by atoms with Gasteiger partial charge >= 0.3 is 0 Å². The molecule has 176 valence electrons. The van der Waals surface area contributed by atoms with Crippen LogP contribution in [0.3, 0.4) is 0 Å². The largest absolute Gasteiger partial charge is 0.365 e. The molecule has 0 bridgehead atoms. The van der Waals surface area contributed by atoms with Crippen molar-refractivity contribution in [3.8, 4) is 6.07 Å². The van der Waals surface area contributed by atoms with E-state index < -0.39 is 0 Å². The number of hydrogen-bond acceptors (Lipinski definition) is 8. The SMILES string of the molecule is CCn1cc(Nc2nc(NC3CCCN(C(=O)/C(C#N)=C/C4CC4)C3)c3c(Cl)[nH]nc3n2)cn1. The number of aromatic amines is 1. The fraction of sp³-hybridized carbons (Fsp3) is 0.455. The summed E-state index contributed by atoms with van der Waals surface area (Å²) in [6.45, 7) is 3.85. The van der Waals surface area contributed by atoms with E-state index in [0.29, 0.717) is 47.0 Å². The highest BCUT2D eigenvalue weighted by Gasteiger charge is 2.29. The standard InChI is InChI=1S/C22H25ClN10O/c1-2-33-12-16(10-25-33)27-22-28-19(17-18(23)30-31-20(17)29-22)26-15-4-3-7-32(11-15)21(34)14(9-24)8-13-5-6-13/h8,10,12-13,15H,2-7,11H2,1H3,(H3,26,27,28,29,30,31)/b14-8+. The molecule has 1 aliphatic carbocycles. The zero-order chi connectivity index (χ0) is 23.7. The lowest BCUT2D eigenvalue weighted by atomic mass is 10.0.